The van der Waals surface area contributed by atoms with Crippen LogP contribution >= 0.6 is 0 Å². The lowest BCUT2D eigenvalue weighted by Crippen LogP contribution is -2.32. The van der Waals surface area contributed by atoms with E-state index in [2.05, 4.69) is 15.0 Å². The van der Waals surface area contributed by atoms with Gasteiger partial charge < -0.3 is 9.88 Å². The summed E-state index contributed by atoms with van der Waals surface area (Å²) in [5, 5.41) is 2.81. The van der Waals surface area contributed by atoms with Crippen molar-refractivity contribution in [1.29, 1.82) is 0 Å². The maximum Gasteiger partial charge on any atom is 0.397 e. The highest BCUT2D eigenvalue weighted by atomic mass is 19.4. The first-order chi connectivity index (χ1) is 11.9. The molecule has 1 N–H and O–H groups in total. The van der Waals surface area contributed by atoms with Crippen LogP contribution in [0.4, 0.5) is 13.2 Å². The number of rotatable bonds is 2. The van der Waals surface area contributed by atoms with Gasteiger partial charge in [0.2, 0.25) is 5.91 Å². The van der Waals surface area contributed by atoms with Crippen LogP contribution in [0.15, 0.2) is 30.7 Å². The monoisotopic (exact) mass is 348 g/mol. The summed E-state index contributed by atoms with van der Waals surface area (Å²) in [4.78, 5) is 25.0. The van der Waals surface area contributed by atoms with Gasteiger partial charge in [-0.25, -0.2) is 4.98 Å². The average Bonchev–Trinajstić information content (AvgIpc) is 3.22. The van der Waals surface area contributed by atoms with Crippen LogP contribution in [0.3, 0.4) is 0 Å². The number of nitrogens with one attached hydrogen (secondary N) is 1. The second kappa shape index (κ2) is 5.72. The number of fused-ring (bicyclic) bond motifs is 3. The minimum absolute atomic E-state index is 0.0821. The lowest BCUT2D eigenvalue weighted by molar-refractivity contribution is -0.160. The van der Waals surface area contributed by atoms with Crippen molar-refractivity contribution >= 4 is 27.7 Å². The number of aromatic amines is 1. The van der Waals surface area contributed by atoms with Crippen molar-refractivity contribution in [3.05, 3.63) is 36.4 Å². The highest BCUT2D eigenvalue weighted by Crippen LogP contribution is 2.34. The third kappa shape index (κ3) is 2.92. The van der Waals surface area contributed by atoms with Crippen LogP contribution in [-0.2, 0) is 4.79 Å². The number of hydrogen-bond acceptors (Lipinski definition) is 3. The molecule has 1 aliphatic rings. The van der Waals surface area contributed by atoms with Crippen LogP contribution in [0, 0.1) is 0 Å². The Labute approximate surface area is 140 Å². The van der Waals surface area contributed by atoms with Crippen molar-refractivity contribution in [3.8, 4) is 0 Å². The zero-order valence-corrected chi connectivity index (χ0v) is 13.2. The van der Waals surface area contributed by atoms with Gasteiger partial charge in [0.25, 0.3) is 0 Å². The first-order valence-corrected chi connectivity index (χ1v) is 7.97. The van der Waals surface area contributed by atoms with Crippen molar-refractivity contribution in [2.24, 2.45) is 0 Å². The molecule has 0 aliphatic carbocycles. The highest BCUT2D eigenvalue weighted by molar-refractivity contribution is 6.06. The lowest BCUT2D eigenvalue weighted by atomic mass is 9.97. The van der Waals surface area contributed by atoms with Crippen LogP contribution in [0.1, 0.15) is 24.5 Å². The third-order valence-corrected chi connectivity index (χ3v) is 4.62. The number of nitrogens with zero attached hydrogens (tertiary/aromatic N) is 3. The van der Waals surface area contributed by atoms with Gasteiger partial charge in [0, 0.05) is 53.8 Å². The van der Waals surface area contributed by atoms with Crippen molar-refractivity contribution in [2.45, 2.75) is 24.9 Å². The van der Waals surface area contributed by atoms with E-state index >= 15 is 0 Å². The van der Waals surface area contributed by atoms with E-state index in [9.17, 15) is 18.0 Å². The summed E-state index contributed by atoms with van der Waals surface area (Å²) in [7, 11) is 0. The fraction of sp³-hybridized carbons (Fsp3) is 0.353. The number of halogens is 3. The van der Waals surface area contributed by atoms with Crippen LogP contribution in [0.25, 0.3) is 21.8 Å². The predicted molar refractivity (Wildman–Crippen MR) is 86.0 cm³/mol. The molecule has 1 atom stereocenters. The van der Waals surface area contributed by atoms with E-state index in [-0.39, 0.29) is 12.5 Å². The Morgan fingerprint density at radius 2 is 2.16 bits per heavy atom. The summed E-state index contributed by atoms with van der Waals surface area (Å²) in [6, 6.07) is 3.77. The Kier molecular flexibility index (Phi) is 3.63. The molecule has 3 aromatic heterocycles. The van der Waals surface area contributed by atoms with Gasteiger partial charge in [-0.2, -0.15) is 13.2 Å². The van der Waals surface area contributed by atoms with Gasteiger partial charge in [-0.3, -0.25) is 9.78 Å². The largest absolute Gasteiger partial charge is 0.397 e. The van der Waals surface area contributed by atoms with Gasteiger partial charge in [0.15, 0.2) is 0 Å². The zero-order chi connectivity index (χ0) is 17.6. The molecule has 25 heavy (non-hydrogen) atoms. The number of carbonyl (C=O) groups excluding carboxylic acids is 1. The Hall–Kier alpha value is -2.64. The molecular formula is C17H15F3N4O. The number of hydrogen-bond donors (Lipinski definition) is 1. The molecule has 1 unspecified atom stereocenters. The summed E-state index contributed by atoms with van der Waals surface area (Å²) in [6.07, 6.45) is -0.0605. The van der Waals surface area contributed by atoms with Gasteiger partial charge in [0.1, 0.15) is 12.1 Å². The van der Waals surface area contributed by atoms with E-state index in [1.54, 1.807) is 18.6 Å². The van der Waals surface area contributed by atoms with E-state index in [4.69, 9.17) is 0 Å². The van der Waals surface area contributed by atoms with E-state index in [1.807, 2.05) is 12.1 Å². The van der Waals surface area contributed by atoms with Crippen LogP contribution < -0.4 is 0 Å². The maximum absolute atomic E-state index is 12.5. The van der Waals surface area contributed by atoms with Crippen LogP contribution in [-0.4, -0.2) is 45.0 Å². The fourth-order valence-corrected chi connectivity index (χ4v) is 3.50. The fourth-order valence-electron chi connectivity index (χ4n) is 3.50. The number of aromatic nitrogens is 3. The van der Waals surface area contributed by atoms with E-state index < -0.39 is 18.5 Å². The van der Waals surface area contributed by atoms with Gasteiger partial charge in [-0.05, 0) is 18.6 Å². The van der Waals surface area contributed by atoms with Crippen molar-refractivity contribution in [1.82, 2.24) is 19.9 Å². The molecule has 5 nitrogen and oxygen atoms in total. The van der Waals surface area contributed by atoms with Crippen molar-refractivity contribution in [2.75, 3.05) is 13.1 Å². The minimum atomic E-state index is -4.48. The number of alkyl halides is 3. The molecule has 3 aromatic rings. The van der Waals surface area contributed by atoms with E-state index in [0.717, 1.165) is 27.5 Å². The molecule has 1 saturated heterocycles. The van der Waals surface area contributed by atoms with Gasteiger partial charge in [-0.15, -0.1) is 0 Å². The lowest BCUT2D eigenvalue weighted by Gasteiger charge is -2.18. The van der Waals surface area contributed by atoms with Crippen LogP contribution in [0.5, 0.6) is 0 Å². The SMILES string of the molecule is O=C(CC(F)(F)F)N1CCC(c2nccc3cnc4[nH]ccc4c23)C1. The molecule has 0 saturated carbocycles. The Morgan fingerprint density at radius 3 is 2.96 bits per heavy atom. The van der Waals surface area contributed by atoms with E-state index in [1.165, 1.54) is 4.90 Å². The topological polar surface area (TPSA) is 61.9 Å². The van der Waals surface area contributed by atoms with Crippen LogP contribution in [0.2, 0.25) is 0 Å². The molecule has 130 valence electrons. The smallest absolute Gasteiger partial charge is 0.346 e. The number of carbonyl (C=O) groups is 1. The van der Waals surface area contributed by atoms with E-state index in [0.29, 0.717) is 13.0 Å². The first-order valence-electron chi connectivity index (χ1n) is 7.97. The normalized spacial score (nSPS) is 18.4. The summed E-state index contributed by atoms with van der Waals surface area (Å²) in [5.41, 5.74) is 1.55. The standard InChI is InChI=1S/C17H15F3N4O/c18-17(19,20)7-13(25)24-6-3-11(9-24)15-14-10(1-4-21-15)8-23-16-12(14)2-5-22-16/h1-2,4-5,8,11H,3,6-7,9H2,(H,22,23). The second-order valence-corrected chi connectivity index (χ2v) is 6.28. The Morgan fingerprint density at radius 1 is 1.32 bits per heavy atom. The van der Waals surface area contributed by atoms with Crippen molar-refractivity contribution < 1.29 is 18.0 Å². The third-order valence-electron chi connectivity index (χ3n) is 4.62. The Bertz CT molecular complexity index is 950. The molecule has 8 heteroatoms. The second-order valence-electron chi connectivity index (χ2n) is 6.28. The minimum Gasteiger partial charge on any atom is -0.346 e. The molecule has 1 aliphatic heterocycles. The summed E-state index contributed by atoms with van der Waals surface area (Å²) < 4.78 is 37.4. The molecule has 0 bridgehead atoms. The molecule has 1 fully saturated rings. The summed E-state index contributed by atoms with van der Waals surface area (Å²) in [6.45, 7) is 0.578. The average molecular weight is 348 g/mol. The molecular weight excluding hydrogens is 333 g/mol. The molecule has 1 amide bonds. The molecule has 4 rings (SSSR count). The number of pyridine rings is 2. The highest BCUT2D eigenvalue weighted by Gasteiger charge is 2.36. The zero-order valence-electron chi connectivity index (χ0n) is 13.2. The van der Waals surface area contributed by atoms with Crippen molar-refractivity contribution in [3.63, 3.8) is 0 Å². The number of amides is 1. The number of likely N-dealkylation sites (tertiary alicyclic amines) is 1. The summed E-state index contributed by atoms with van der Waals surface area (Å²) >= 11 is 0. The maximum atomic E-state index is 12.5. The number of H-pyrrole nitrogens is 1. The quantitative estimate of drug-likeness (QED) is 0.772. The summed E-state index contributed by atoms with van der Waals surface area (Å²) in [5.74, 6) is -0.954. The molecule has 0 radical (unpaired) electrons. The van der Waals surface area contributed by atoms with Gasteiger partial charge in [-0.1, -0.05) is 0 Å². The first kappa shape index (κ1) is 15.9. The molecule has 0 aromatic carbocycles. The van der Waals surface area contributed by atoms with Gasteiger partial charge in [0.05, 0.1) is 5.69 Å². The van der Waals surface area contributed by atoms with Gasteiger partial charge >= 0.3 is 6.18 Å². The molecule has 4 heterocycles. The predicted octanol–water partition coefficient (Wildman–Crippen LogP) is 3.38. The molecule has 0 spiro atoms. The Balaban J connectivity index is 1.67.